The Kier molecular flexibility index (Phi) is 7.56. The topological polar surface area (TPSA) is 97.4 Å². The number of halogens is 1. The molecule has 1 fully saturated rings. The van der Waals surface area contributed by atoms with Crippen LogP contribution in [0.2, 0.25) is 0 Å². The average molecular weight is 350 g/mol. The minimum absolute atomic E-state index is 0.310. The van der Waals surface area contributed by atoms with Crippen LogP contribution < -0.4 is 0 Å². The van der Waals surface area contributed by atoms with E-state index in [4.69, 9.17) is 23.7 Å². The van der Waals surface area contributed by atoms with E-state index in [2.05, 4.69) is 0 Å². The zero-order valence-corrected chi connectivity index (χ0v) is 14.3. The van der Waals surface area contributed by atoms with Gasteiger partial charge in [0, 0.05) is 20.8 Å². The molecule has 0 N–H and O–H groups in total. The highest BCUT2D eigenvalue weighted by molar-refractivity contribution is 5.67. The van der Waals surface area contributed by atoms with Crippen molar-refractivity contribution in [2.75, 3.05) is 6.61 Å². The van der Waals surface area contributed by atoms with Gasteiger partial charge in [0.25, 0.3) is 0 Å². The van der Waals surface area contributed by atoms with E-state index in [-0.39, 0.29) is 12.7 Å². The van der Waals surface area contributed by atoms with Crippen molar-refractivity contribution < 1.29 is 42.5 Å². The van der Waals surface area contributed by atoms with Crippen molar-refractivity contribution >= 4 is 17.9 Å². The van der Waals surface area contributed by atoms with E-state index in [0.29, 0.717) is 0 Å². The number of alkyl halides is 1. The number of esters is 3. The van der Waals surface area contributed by atoms with Crippen LogP contribution in [0.4, 0.5) is 4.39 Å². The van der Waals surface area contributed by atoms with Gasteiger partial charge in [0.1, 0.15) is 12.7 Å². The number of carbonyl (C=O) groups is 3. The fraction of sp³-hybridized carbons (Fsp3) is 0.800. The summed E-state index contributed by atoms with van der Waals surface area (Å²) in [4.78, 5) is 33.6. The Hall–Kier alpha value is -1.74. The molecule has 1 heterocycles. The van der Waals surface area contributed by atoms with Gasteiger partial charge in [-0.2, -0.15) is 0 Å². The smallest absolute Gasteiger partial charge is 0.303 e. The number of rotatable bonds is 6. The SMILES string of the molecule is CC(=O)OCC1OC(OC(C)C)C(F)C(OC(C)=O)C1OC(C)=O. The van der Waals surface area contributed by atoms with Gasteiger partial charge in [0.05, 0.1) is 6.10 Å². The van der Waals surface area contributed by atoms with Crippen LogP contribution in [0.25, 0.3) is 0 Å². The normalized spacial score (nSPS) is 29.9. The quantitative estimate of drug-likeness (QED) is 0.515. The van der Waals surface area contributed by atoms with E-state index >= 15 is 0 Å². The molecule has 0 aliphatic carbocycles. The third-order valence-corrected chi connectivity index (χ3v) is 3.03. The van der Waals surface area contributed by atoms with Crippen molar-refractivity contribution in [3.05, 3.63) is 0 Å². The first-order chi connectivity index (χ1) is 11.1. The maximum Gasteiger partial charge on any atom is 0.303 e. The standard InChI is InChI=1S/C15H23FO8/c1-7(2)21-15-12(16)14(23-10(5)19)13(22-9(4)18)11(24-15)6-20-8(3)17/h7,11-15H,6H2,1-5H3. The second-order valence-electron chi connectivity index (χ2n) is 5.62. The van der Waals surface area contributed by atoms with E-state index in [1.807, 2.05) is 0 Å². The zero-order valence-electron chi connectivity index (χ0n) is 14.3. The van der Waals surface area contributed by atoms with Gasteiger partial charge < -0.3 is 23.7 Å². The molecule has 0 aromatic heterocycles. The molecule has 0 bridgehead atoms. The third-order valence-electron chi connectivity index (χ3n) is 3.03. The summed E-state index contributed by atoms with van der Waals surface area (Å²) in [7, 11) is 0. The van der Waals surface area contributed by atoms with E-state index in [1.165, 1.54) is 6.92 Å². The number of hydrogen-bond donors (Lipinski definition) is 0. The molecule has 9 heteroatoms. The van der Waals surface area contributed by atoms with Crippen LogP contribution in [0.5, 0.6) is 0 Å². The van der Waals surface area contributed by atoms with Crippen molar-refractivity contribution in [2.24, 2.45) is 0 Å². The second-order valence-corrected chi connectivity index (χ2v) is 5.62. The van der Waals surface area contributed by atoms with Crippen LogP contribution in [-0.2, 0) is 38.1 Å². The highest BCUT2D eigenvalue weighted by Gasteiger charge is 2.51. The average Bonchev–Trinajstić information content (AvgIpc) is 2.42. The summed E-state index contributed by atoms with van der Waals surface area (Å²) < 4.78 is 40.3. The maximum atomic E-state index is 14.7. The molecule has 5 atom stereocenters. The molecule has 8 nitrogen and oxygen atoms in total. The fourth-order valence-electron chi connectivity index (χ4n) is 2.24. The Morgan fingerprint density at radius 3 is 2.00 bits per heavy atom. The number of hydrogen-bond acceptors (Lipinski definition) is 8. The lowest BCUT2D eigenvalue weighted by molar-refractivity contribution is -0.299. The van der Waals surface area contributed by atoms with Crippen LogP contribution in [0.3, 0.4) is 0 Å². The van der Waals surface area contributed by atoms with Gasteiger partial charge in [-0.25, -0.2) is 4.39 Å². The van der Waals surface area contributed by atoms with Crippen LogP contribution in [0, 0.1) is 0 Å². The Labute approximate surface area is 139 Å². The molecule has 0 radical (unpaired) electrons. The highest BCUT2D eigenvalue weighted by atomic mass is 19.1. The summed E-state index contributed by atoms with van der Waals surface area (Å²) in [6.45, 7) is 6.46. The van der Waals surface area contributed by atoms with Crippen molar-refractivity contribution in [3.63, 3.8) is 0 Å². The molecule has 0 aromatic carbocycles. The van der Waals surface area contributed by atoms with E-state index in [1.54, 1.807) is 13.8 Å². The summed E-state index contributed by atoms with van der Waals surface area (Å²) >= 11 is 0. The van der Waals surface area contributed by atoms with E-state index < -0.39 is 48.7 Å². The lowest BCUT2D eigenvalue weighted by atomic mass is 9.99. The Morgan fingerprint density at radius 2 is 1.54 bits per heavy atom. The van der Waals surface area contributed by atoms with Gasteiger partial charge in [-0.05, 0) is 13.8 Å². The molecular formula is C15H23FO8. The van der Waals surface area contributed by atoms with Crippen LogP contribution in [-0.4, -0.2) is 61.4 Å². The minimum atomic E-state index is -1.88. The van der Waals surface area contributed by atoms with Crippen molar-refractivity contribution in [1.29, 1.82) is 0 Å². The molecule has 0 spiro atoms. The first kappa shape index (κ1) is 20.3. The molecule has 138 valence electrons. The zero-order chi connectivity index (χ0) is 18.4. The number of carbonyl (C=O) groups excluding carboxylic acids is 3. The summed E-state index contributed by atoms with van der Waals surface area (Å²) in [5.41, 5.74) is 0. The molecule has 0 amide bonds. The molecule has 5 unspecified atom stereocenters. The molecule has 0 saturated carbocycles. The molecular weight excluding hydrogens is 327 g/mol. The van der Waals surface area contributed by atoms with Gasteiger partial charge in [-0.15, -0.1) is 0 Å². The molecule has 1 aliphatic heterocycles. The Balaban J connectivity index is 3.06. The summed E-state index contributed by atoms with van der Waals surface area (Å²) in [6.07, 6.45) is -7.36. The Bertz CT molecular complexity index is 466. The first-order valence-corrected chi connectivity index (χ1v) is 7.54. The molecule has 1 rings (SSSR count). The van der Waals surface area contributed by atoms with Crippen LogP contribution >= 0.6 is 0 Å². The molecule has 0 aromatic rings. The molecule has 1 saturated heterocycles. The van der Waals surface area contributed by atoms with Crippen LogP contribution in [0.1, 0.15) is 34.6 Å². The second kappa shape index (κ2) is 8.93. The van der Waals surface area contributed by atoms with Gasteiger partial charge in [-0.1, -0.05) is 0 Å². The first-order valence-electron chi connectivity index (χ1n) is 7.54. The lowest BCUT2D eigenvalue weighted by Gasteiger charge is -2.42. The largest absolute Gasteiger partial charge is 0.463 e. The predicted octanol–water partition coefficient (Wildman–Crippen LogP) is 0.901. The van der Waals surface area contributed by atoms with Gasteiger partial charge in [0.2, 0.25) is 0 Å². The maximum absolute atomic E-state index is 14.7. The minimum Gasteiger partial charge on any atom is -0.463 e. The van der Waals surface area contributed by atoms with E-state index in [9.17, 15) is 18.8 Å². The van der Waals surface area contributed by atoms with Crippen molar-refractivity contribution in [2.45, 2.75) is 71.5 Å². The number of ether oxygens (including phenoxy) is 5. The molecule has 1 aliphatic rings. The Morgan fingerprint density at radius 1 is 1.00 bits per heavy atom. The molecule has 24 heavy (non-hydrogen) atoms. The highest BCUT2D eigenvalue weighted by Crippen LogP contribution is 2.30. The lowest BCUT2D eigenvalue weighted by Crippen LogP contribution is -2.60. The van der Waals surface area contributed by atoms with Crippen molar-refractivity contribution in [3.8, 4) is 0 Å². The summed E-state index contributed by atoms with van der Waals surface area (Å²) in [6, 6.07) is 0. The fourth-order valence-corrected chi connectivity index (χ4v) is 2.24. The summed E-state index contributed by atoms with van der Waals surface area (Å²) in [5.74, 6) is -2.06. The monoisotopic (exact) mass is 350 g/mol. The van der Waals surface area contributed by atoms with Crippen molar-refractivity contribution in [1.82, 2.24) is 0 Å². The predicted molar refractivity (Wildman–Crippen MR) is 77.5 cm³/mol. The van der Waals surface area contributed by atoms with Gasteiger partial charge >= 0.3 is 17.9 Å². The van der Waals surface area contributed by atoms with Gasteiger partial charge in [0.15, 0.2) is 24.7 Å². The third kappa shape index (κ3) is 6.04. The van der Waals surface area contributed by atoms with Gasteiger partial charge in [-0.3, -0.25) is 14.4 Å². The summed E-state index contributed by atoms with van der Waals surface area (Å²) in [5, 5.41) is 0. The van der Waals surface area contributed by atoms with Crippen LogP contribution in [0.15, 0.2) is 0 Å². The van der Waals surface area contributed by atoms with E-state index in [0.717, 1.165) is 13.8 Å².